The molecule has 6 heteroatoms. The molecular weight excluding hydrogens is 214 g/mol. The second kappa shape index (κ2) is 4.14. The van der Waals surface area contributed by atoms with E-state index >= 15 is 0 Å². The SMILES string of the molecule is CN(CC(=O)O)c1nnc(C(C)(C)C)s1. The van der Waals surface area contributed by atoms with E-state index in [1.54, 1.807) is 11.9 Å². The maximum atomic E-state index is 10.5. The van der Waals surface area contributed by atoms with Gasteiger partial charge in [-0.1, -0.05) is 32.1 Å². The first-order chi connectivity index (χ1) is 6.80. The zero-order valence-corrected chi connectivity index (χ0v) is 10.1. The Labute approximate surface area is 92.7 Å². The molecule has 5 nitrogen and oxygen atoms in total. The van der Waals surface area contributed by atoms with Gasteiger partial charge in [0.25, 0.3) is 0 Å². The molecule has 0 spiro atoms. The third-order valence-electron chi connectivity index (χ3n) is 1.75. The van der Waals surface area contributed by atoms with Crippen LogP contribution in [0.15, 0.2) is 0 Å². The first-order valence-electron chi connectivity index (χ1n) is 4.57. The lowest BCUT2D eigenvalue weighted by atomic mass is 9.98. The summed E-state index contributed by atoms with van der Waals surface area (Å²) in [4.78, 5) is 12.1. The Kier molecular flexibility index (Phi) is 3.28. The maximum Gasteiger partial charge on any atom is 0.323 e. The first-order valence-corrected chi connectivity index (χ1v) is 5.39. The van der Waals surface area contributed by atoms with E-state index in [1.807, 2.05) is 0 Å². The summed E-state index contributed by atoms with van der Waals surface area (Å²) < 4.78 is 0. The number of likely N-dealkylation sites (N-methyl/N-ethyl adjacent to an activating group) is 1. The van der Waals surface area contributed by atoms with Crippen molar-refractivity contribution in [3.63, 3.8) is 0 Å². The molecular formula is C9H15N3O2S. The minimum atomic E-state index is -0.870. The number of rotatable bonds is 3. The Morgan fingerprint density at radius 1 is 1.47 bits per heavy atom. The number of anilines is 1. The lowest BCUT2D eigenvalue weighted by molar-refractivity contribution is -0.135. The van der Waals surface area contributed by atoms with Crippen LogP contribution in [0.5, 0.6) is 0 Å². The summed E-state index contributed by atoms with van der Waals surface area (Å²) in [5, 5.41) is 18.2. The van der Waals surface area contributed by atoms with Gasteiger partial charge in [-0.3, -0.25) is 4.79 Å². The van der Waals surface area contributed by atoms with Gasteiger partial charge in [-0.05, 0) is 0 Å². The van der Waals surface area contributed by atoms with Crippen molar-refractivity contribution < 1.29 is 9.90 Å². The number of hydrogen-bond acceptors (Lipinski definition) is 5. The van der Waals surface area contributed by atoms with Crippen LogP contribution >= 0.6 is 11.3 Å². The number of hydrogen-bond donors (Lipinski definition) is 1. The molecule has 84 valence electrons. The molecule has 0 fully saturated rings. The summed E-state index contributed by atoms with van der Waals surface area (Å²) in [6, 6.07) is 0. The van der Waals surface area contributed by atoms with Crippen molar-refractivity contribution in [1.29, 1.82) is 0 Å². The van der Waals surface area contributed by atoms with Gasteiger partial charge in [0, 0.05) is 12.5 Å². The topological polar surface area (TPSA) is 66.3 Å². The molecule has 0 bridgehead atoms. The highest BCUT2D eigenvalue weighted by Crippen LogP contribution is 2.28. The molecule has 0 radical (unpaired) electrons. The van der Waals surface area contributed by atoms with Crippen LogP contribution < -0.4 is 4.90 Å². The largest absolute Gasteiger partial charge is 0.480 e. The minimum Gasteiger partial charge on any atom is -0.480 e. The van der Waals surface area contributed by atoms with E-state index in [1.165, 1.54) is 11.3 Å². The number of aromatic nitrogens is 2. The Morgan fingerprint density at radius 2 is 2.07 bits per heavy atom. The van der Waals surface area contributed by atoms with Crippen LogP contribution in [0.25, 0.3) is 0 Å². The standard InChI is InChI=1S/C9H15N3O2S/c1-9(2,3)7-10-11-8(15-7)12(4)5-6(13)14/h5H2,1-4H3,(H,13,14). The summed E-state index contributed by atoms with van der Waals surface area (Å²) in [6.45, 7) is 6.09. The van der Waals surface area contributed by atoms with Gasteiger partial charge in [0.2, 0.25) is 5.13 Å². The lowest BCUT2D eigenvalue weighted by Crippen LogP contribution is -2.24. The van der Waals surface area contributed by atoms with Crippen LogP contribution in [0.2, 0.25) is 0 Å². The van der Waals surface area contributed by atoms with Gasteiger partial charge in [-0.2, -0.15) is 0 Å². The zero-order chi connectivity index (χ0) is 11.6. The van der Waals surface area contributed by atoms with Crippen LogP contribution in [-0.2, 0) is 10.2 Å². The summed E-state index contributed by atoms with van der Waals surface area (Å²) in [5.41, 5.74) is -0.0417. The van der Waals surface area contributed by atoms with E-state index in [9.17, 15) is 4.79 Å². The monoisotopic (exact) mass is 229 g/mol. The number of nitrogens with zero attached hydrogens (tertiary/aromatic N) is 3. The number of carboxylic acid groups (broad SMARTS) is 1. The summed E-state index contributed by atoms with van der Waals surface area (Å²) >= 11 is 1.43. The van der Waals surface area contributed by atoms with Crippen LogP contribution in [0.4, 0.5) is 5.13 Å². The molecule has 0 saturated heterocycles. The van der Waals surface area contributed by atoms with E-state index < -0.39 is 5.97 Å². The molecule has 0 unspecified atom stereocenters. The second-order valence-electron chi connectivity index (χ2n) is 4.39. The van der Waals surface area contributed by atoms with Crippen LogP contribution in [0.3, 0.4) is 0 Å². The third kappa shape index (κ3) is 3.16. The third-order valence-corrected chi connectivity index (χ3v) is 3.22. The van der Waals surface area contributed by atoms with E-state index in [-0.39, 0.29) is 12.0 Å². The number of aliphatic carboxylic acids is 1. The van der Waals surface area contributed by atoms with Gasteiger partial charge >= 0.3 is 5.97 Å². The van der Waals surface area contributed by atoms with Crippen molar-refractivity contribution in [3.05, 3.63) is 5.01 Å². The highest BCUT2D eigenvalue weighted by molar-refractivity contribution is 7.15. The van der Waals surface area contributed by atoms with Crippen LogP contribution in [0.1, 0.15) is 25.8 Å². The molecule has 1 rings (SSSR count). The average molecular weight is 229 g/mol. The highest BCUT2D eigenvalue weighted by atomic mass is 32.1. The Hall–Kier alpha value is -1.17. The van der Waals surface area contributed by atoms with Crippen LogP contribution in [0, 0.1) is 0 Å². The van der Waals surface area contributed by atoms with Gasteiger partial charge in [0.15, 0.2) is 0 Å². The molecule has 0 aliphatic rings. The molecule has 1 N–H and O–H groups in total. The van der Waals surface area contributed by atoms with Gasteiger partial charge in [-0.25, -0.2) is 0 Å². The van der Waals surface area contributed by atoms with Crippen molar-refractivity contribution in [2.45, 2.75) is 26.2 Å². The quantitative estimate of drug-likeness (QED) is 0.847. The fraction of sp³-hybridized carbons (Fsp3) is 0.667. The molecule has 0 atom stereocenters. The molecule has 0 aromatic carbocycles. The van der Waals surface area contributed by atoms with Gasteiger partial charge < -0.3 is 10.0 Å². The average Bonchev–Trinajstić information content (AvgIpc) is 2.48. The molecule has 1 heterocycles. The van der Waals surface area contributed by atoms with Gasteiger partial charge in [0.05, 0.1) is 0 Å². The van der Waals surface area contributed by atoms with Crippen molar-refractivity contribution in [1.82, 2.24) is 10.2 Å². The van der Waals surface area contributed by atoms with Crippen molar-refractivity contribution >= 4 is 22.4 Å². The van der Waals surface area contributed by atoms with Crippen molar-refractivity contribution in [3.8, 4) is 0 Å². The number of carboxylic acids is 1. The predicted molar refractivity (Wildman–Crippen MR) is 59.5 cm³/mol. The summed E-state index contributed by atoms with van der Waals surface area (Å²) in [6.07, 6.45) is 0. The van der Waals surface area contributed by atoms with Gasteiger partial charge in [0.1, 0.15) is 11.6 Å². The Balaban J connectivity index is 2.80. The van der Waals surface area contributed by atoms with Gasteiger partial charge in [-0.15, -0.1) is 10.2 Å². The molecule has 0 saturated carbocycles. The molecule has 15 heavy (non-hydrogen) atoms. The fourth-order valence-electron chi connectivity index (χ4n) is 0.943. The number of carbonyl (C=O) groups is 1. The second-order valence-corrected chi connectivity index (χ2v) is 5.35. The zero-order valence-electron chi connectivity index (χ0n) is 9.31. The first kappa shape index (κ1) is 11.9. The van der Waals surface area contributed by atoms with E-state index in [4.69, 9.17) is 5.11 Å². The molecule has 0 aliphatic carbocycles. The normalized spacial score (nSPS) is 11.5. The van der Waals surface area contributed by atoms with E-state index in [0.717, 1.165) is 5.01 Å². The van der Waals surface area contributed by atoms with Crippen molar-refractivity contribution in [2.24, 2.45) is 0 Å². The molecule has 1 aromatic rings. The van der Waals surface area contributed by atoms with Crippen molar-refractivity contribution in [2.75, 3.05) is 18.5 Å². The molecule has 0 aliphatic heterocycles. The van der Waals surface area contributed by atoms with Crippen LogP contribution in [-0.4, -0.2) is 34.9 Å². The van der Waals surface area contributed by atoms with E-state index in [2.05, 4.69) is 31.0 Å². The molecule has 0 amide bonds. The Morgan fingerprint density at radius 3 is 2.47 bits per heavy atom. The minimum absolute atomic E-state index is 0.0417. The fourth-order valence-corrected chi connectivity index (χ4v) is 1.81. The highest BCUT2D eigenvalue weighted by Gasteiger charge is 2.20. The predicted octanol–water partition coefficient (Wildman–Crippen LogP) is 1.36. The lowest BCUT2D eigenvalue weighted by Gasteiger charge is -2.13. The Bertz CT molecular complexity index is 356. The molecule has 1 aromatic heterocycles. The van der Waals surface area contributed by atoms with E-state index in [0.29, 0.717) is 5.13 Å². The summed E-state index contributed by atoms with van der Waals surface area (Å²) in [5.74, 6) is -0.870. The summed E-state index contributed by atoms with van der Waals surface area (Å²) in [7, 11) is 1.70. The maximum absolute atomic E-state index is 10.5. The smallest absolute Gasteiger partial charge is 0.323 e.